The van der Waals surface area contributed by atoms with Gasteiger partial charge in [-0.25, -0.2) is 0 Å². The van der Waals surface area contributed by atoms with E-state index in [-0.39, 0.29) is 5.66 Å². The highest BCUT2D eigenvalue weighted by Crippen LogP contribution is 2.60. The third-order valence-electron chi connectivity index (χ3n) is 10.8. The van der Waals surface area contributed by atoms with Crippen LogP contribution in [-0.2, 0) is 0 Å². The number of rotatable bonds is 8. The lowest BCUT2D eigenvalue weighted by molar-refractivity contribution is -0.109. The summed E-state index contributed by atoms with van der Waals surface area (Å²) >= 11 is 0. The molecular weight excluding hydrogens is 424 g/mol. The van der Waals surface area contributed by atoms with Gasteiger partial charge in [0.25, 0.3) is 0 Å². The van der Waals surface area contributed by atoms with Gasteiger partial charge < -0.3 is 4.90 Å². The molecule has 2 atom stereocenters. The molecule has 194 valence electrons. The van der Waals surface area contributed by atoms with Crippen molar-refractivity contribution in [2.45, 2.75) is 147 Å². The molecule has 0 amide bonds. The SMILES string of the molecule is CCCCC1(N2CCC2)C(C2=CCCCC2)C(C2=CCCC2)=C(C2CCCCC2)N1C1CCCC1. The topological polar surface area (TPSA) is 6.48 Å². The van der Waals surface area contributed by atoms with Crippen molar-refractivity contribution in [1.82, 2.24) is 9.80 Å². The molecule has 0 bridgehead atoms. The predicted octanol–water partition coefficient (Wildman–Crippen LogP) is 8.90. The van der Waals surface area contributed by atoms with Crippen molar-refractivity contribution in [1.29, 1.82) is 0 Å². The smallest absolute Gasteiger partial charge is 0.104 e. The molecule has 2 aliphatic heterocycles. The monoisotopic (exact) mass is 476 g/mol. The van der Waals surface area contributed by atoms with E-state index in [1.54, 1.807) is 5.57 Å². The molecule has 2 unspecified atom stereocenters. The van der Waals surface area contributed by atoms with Crippen molar-refractivity contribution in [3.8, 4) is 0 Å². The molecule has 0 radical (unpaired) electrons. The van der Waals surface area contributed by atoms with Gasteiger partial charge in [-0.2, -0.15) is 0 Å². The maximum absolute atomic E-state index is 3.25. The van der Waals surface area contributed by atoms with E-state index in [0.717, 1.165) is 12.0 Å². The van der Waals surface area contributed by atoms with Gasteiger partial charge in [0, 0.05) is 30.7 Å². The second-order valence-corrected chi connectivity index (χ2v) is 12.8. The minimum Gasteiger partial charge on any atom is -0.352 e. The van der Waals surface area contributed by atoms with Crippen LogP contribution in [0.5, 0.6) is 0 Å². The Morgan fingerprint density at radius 3 is 2.20 bits per heavy atom. The zero-order chi connectivity index (χ0) is 23.7. The summed E-state index contributed by atoms with van der Waals surface area (Å²) in [6.07, 6.45) is 33.6. The molecule has 0 spiro atoms. The van der Waals surface area contributed by atoms with Crippen molar-refractivity contribution >= 4 is 0 Å². The summed E-state index contributed by atoms with van der Waals surface area (Å²) in [5.74, 6) is 1.47. The number of unbranched alkanes of at least 4 members (excludes halogenated alkanes) is 1. The van der Waals surface area contributed by atoms with Gasteiger partial charge in [0.15, 0.2) is 0 Å². The van der Waals surface area contributed by atoms with Gasteiger partial charge in [-0.1, -0.05) is 63.2 Å². The molecule has 6 rings (SSSR count). The summed E-state index contributed by atoms with van der Waals surface area (Å²) < 4.78 is 0. The first kappa shape index (κ1) is 24.3. The lowest BCUT2D eigenvalue weighted by atomic mass is 9.71. The first-order chi connectivity index (χ1) is 17.3. The van der Waals surface area contributed by atoms with Crippen LogP contribution in [0.4, 0.5) is 0 Å². The van der Waals surface area contributed by atoms with Crippen molar-refractivity contribution in [3.63, 3.8) is 0 Å². The van der Waals surface area contributed by atoms with Crippen LogP contribution in [0, 0.1) is 11.8 Å². The second kappa shape index (κ2) is 10.8. The molecular formula is C33H52N2. The Kier molecular flexibility index (Phi) is 7.48. The minimum absolute atomic E-state index is 0.234. The van der Waals surface area contributed by atoms with E-state index >= 15 is 0 Å². The Hall–Kier alpha value is -1.02. The molecule has 0 aromatic rings. The molecule has 0 aromatic carbocycles. The Labute approximate surface area is 216 Å². The number of allylic oxidation sites excluding steroid dienone is 4. The van der Waals surface area contributed by atoms with E-state index in [4.69, 9.17) is 0 Å². The van der Waals surface area contributed by atoms with E-state index in [0.29, 0.717) is 5.92 Å². The largest absolute Gasteiger partial charge is 0.352 e. The normalized spacial score (nSPS) is 33.4. The number of likely N-dealkylation sites (tertiary alicyclic amines) is 1. The quantitative estimate of drug-likeness (QED) is 0.323. The van der Waals surface area contributed by atoms with Crippen molar-refractivity contribution in [3.05, 3.63) is 34.6 Å². The number of hydrogen-bond acceptors (Lipinski definition) is 2. The molecule has 1 saturated heterocycles. The highest BCUT2D eigenvalue weighted by molar-refractivity contribution is 5.51. The Balaban J connectivity index is 1.57. The summed E-state index contributed by atoms with van der Waals surface area (Å²) in [7, 11) is 0. The fraction of sp³-hybridized carbons (Fsp3) is 0.818. The molecule has 3 fully saturated rings. The predicted molar refractivity (Wildman–Crippen MR) is 148 cm³/mol. The first-order valence-corrected chi connectivity index (χ1v) is 16.0. The van der Waals surface area contributed by atoms with Crippen LogP contribution in [0.2, 0.25) is 0 Å². The van der Waals surface area contributed by atoms with Gasteiger partial charge >= 0.3 is 0 Å². The first-order valence-electron chi connectivity index (χ1n) is 16.0. The van der Waals surface area contributed by atoms with E-state index in [9.17, 15) is 0 Å². The van der Waals surface area contributed by atoms with E-state index in [1.807, 2.05) is 16.8 Å². The van der Waals surface area contributed by atoms with Gasteiger partial charge in [-0.05, 0) is 107 Å². The van der Waals surface area contributed by atoms with Crippen LogP contribution in [0.25, 0.3) is 0 Å². The zero-order valence-corrected chi connectivity index (χ0v) is 22.8. The molecule has 2 nitrogen and oxygen atoms in total. The van der Waals surface area contributed by atoms with Gasteiger partial charge in [-0.3, -0.25) is 4.90 Å². The minimum atomic E-state index is 0.234. The van der Waals surface area contributed by atoms with Crippen LogP contribution in [0.1, 0.15) is 135 Å². The third-order valence-corrected chi connectivity index (χ3v) is 10.8. The highest BCUT2D eigenvalue weighted by Gasteiger charge is 2.60. The lowest BCUT2D eigenvalue weighted by Crippen LogP contribution is -2.67. The third kappa shape index (κ3) is 4.28. The fourth-order valence-corrected chi connectivity index (χ4v) is 9.10. The molecule has 2 heteroatoms. The van der Waals surface area contributed by atoms with Gasteiger partial charge in [0.05, 0.1) is 0 Å². The van der Waals surface area contributed by atoms with Crippen molar-refractivity contribution < 1.29 is 0 Å². The second-order valence-electron chi connectivity index (χ2n) is 12.8. The molecule has 4 aliphatic carbocycles. The van der Waals surface area contributed by atoms with E-state index < -0.39 is 0 Å². The summed E-state index contributed by atoms with van der Waals surface area (Å²) in [4.78, 5) is 6.28. The van der Waals surface area contributed by atoms with Crippen molar-refractivity contribution in [2.75, 3.05) is 13.1 Å². The van der Waals surface area contributed by atoms with E-state index in [1.165, 1.54) is 142 Å². The van der Waals surface area contributed by atoms with E-state index in [2.05, 4.69) is 28.9 Å². The van der Waals surface area contributed by atoms with Crippen molar-refractivity contribution in [2.24, 2.45) is 11.8 Å². The van der Waals surface area contributed by atoms with Crippen LogP contribution in [0.3, 0.4) is 0 Å². The zero-order valence-electron chi connectivity index (χ0n) is 22.8. The molecule has 0 aromatic heterocycles. The maximum Gasteiger partial charge on any atom is 0.104 e. The summed E-state index contributed by atoms with van der Waals surface area (Å²) in [5.41, 5.74) is 7.69. The molecule has 6 aliphatic rings. The van der Waals surface area contributed by atoms with Crippen LogP contribution in [-0.4, -0.2) is 34.6 Å². The van der Waals surface area contributed by atoms with Gasteiger partial charge in [0.1, 0.15) is 5.66 Å². The standard InChI is InChI=1S/C33H52N2/c1-2-3-23-33(34-24-14-25-34)31(27-17-6-4-7-18-27)30(26-15-10-11-16-26)32(28-19-8-5-9-20-28)35(33)29-21-12-13-22-29/h15,17,28-29,31H,2-14,16,18-25H2,1H3. The number of hydrogen-bond donors (Lipinski definition) is 0. The lowest BCUT2D eigenvalue weighted by Gasteiger charge is -2.59. The van der Waals surface area contributed by atoms with Gasteiger partial charge in [0.2, 0.25) is 0 Å². The van der Waals surface area contributed by atoms with Crippen LogP contribution >= 0.6 is 0 Å². The van der Waals surface area contributed by atoms with Gasteiger partial charge in [-0.15, -0.1) is 0 Å². The highest BCUT2D eigenvalue weighted by atomic mass is 15.5. The Bertz CT molecular complexity index is 833. The molecule has 0 N–H and O–H groups in total. The Morgan fingerprint density at radius 2 is 1.57 bits per heavy atom. The fourth-order valence-electron chi connectivity index (χ4n) is 9.10. The number of nitrogens with zero attached hydrogens (tertiary/aromatic N) is 2. The summed E-state index contributed by atoms with van der Waals surface area (Å²) in [5, 5.41) is 0. The van der Waals surface area contributed by atoms with Crippen LogP contribution in [0.15, 0.2) is 34.6 Å². The average molecular weight is 477 g/mol. The average Bonchev–Trinajstić information content (AvgIpc) is 3.62. The maximum atomic E-state index is 3.25. The summed E-state index contributed by atoms with van der Waals surface area (Å²) in [6, 6.07) is 0.788. The molecule has 2 saturated carbocycles. The molecule has 2 heterocycles. The molecule has 35 heavy (non-hydrogen) atoms. The van der Waals surface area contributed by atoms with Crippen LogP contribution < -0.4 is 0 Å². The summed E-state index contributed by atoms with van der Waals surface area (Å²) in [6.45, 7) is 5.10. The Morgan fingerprint density at radius 1 is 0.800 bits per heavy atom.